The molecule has 0 aliphatic heterocycles. The first kappa shape index (κ1) is 12.7. The van der Waals surface area contributed by atoms with E-state index in [1.807, 2.05) is 0 Å². The summed E-state index contributed by atoms with van der Waals surface area (Å²) in [7, 11) is 0. The molecule has 0 aromatic carbocycles. The van der Waals surface area contributed by atoms with E-state index in [4.69, 9.17) is 11.6 Å². The van der Waals surface area contributed by atoms with Gasteiger partial charge < -0.3 is 5.32 Å². The van der Waals surface area contributed by atoms with Crippen molar-refractivity contribution in [2.24, 2.45) is 23.7 Å². The van der Waals surface area contributed by atoms with E-state index in [1.54, 1.807) is 11.3 Å². The Bertz CT molecular complexity index is 441. The van der Waals surface area contributed by atoms with E-state index in [0.29, 0.717) is 6.04 Å². The summed E-state index contributed by atoms with van der Waals surface area (Å²) in [6.07, 6.45) is 7.49. The zero-order valence-corrected chi connectivity index (χ0v) is 13.0. The summed E-state index contributed by atoms with van der Waals surface area (Å²) in [5.41, 5.74) is 1.36. The second kappa shape index (κ2) is 4.75. The fourth-order valence-electron chi connectivity index (χ4n) is 5.13. The standard InChI is InChI=1S/C16H22ClNS/c1-9(14-7-15(17)19-8-14)18-16-12-3-10-2-11(5-12)6-13(16)4-10/h7-13,16,18H,2-6H2,1H3. The molecule has 0 spiro atoms. The van der Waals surface area contributed by atoms with Crippen molar-refractivity contribution in [3.8, 4) is 0 Å². The summed E-state index contributed by atoms with van der Waals surface area (Å²) in [5.74, 6) is 4.03. The highest BCUT2D eigenvalue weighted by Crippen LogP contribution is 2.54. The van der Waals surface area contributed by atoms with Crippen LogP contribution in [0.25, 0.3) is 0 Å². The van der Waals surface area contributed by atoms with Crippen LogP contribution in [0.15, 0.2) is 11.4 Å². The van der Waals surface area contributed by atoms with Crippen molar-refractivity contribution in [2.45, 2.75) is 51.1 Å². The number of halogens is 1. The molecule has 4 bridgehead atoms. The molecular formula is C16H22ClNS. The fraction of sp³-hybridized carbons (Fsp3) is 0.750. The Balaban J connectivity index is 1.48. The molecule has 4 fully saturated rings. The van der Waals surface area contributed by atoms with Gasteiger partial charge in [-0.3, -0.25) is 0 Å². The van der Waals surface area contributed by atoms with Crippen molar-refractivity contribution in [1.82, 2.24) is 5.32 Å². The minimum Gasteiger partial charge on any atom is -0.307 e. The predicted molar refractivity (Wildman–Crippen MR) is 81.7 cm³/mol. The third kappa shape index (κ3) is 2.26. The molecule has 1 aromatic heterocycles. The minimum atomic E-state index is 0.450. The summed E-state index contributed by atoms with van der Waals surface area (Å²) in [6.45, 7) is 2.30. The van der Waals surface area contributed by atoms with Gasteiger partial charge in [0, 0.05) is 12.1 Å². The summed E-state index contributed by atoms with van der Waals surface area (Å²) in [5, 5.41) is 6.14. The first-order valence-corrected chi connectivity index (χ1v) is 8.94. The molecule has 4 aliphatic rings. The van der Waals surface area contributed by atoms with Gasteiger partial charge in [0.2, 0.25) is 0 Å². The molecule has 1 atom stereocenters. The van der Waals surface area contributed by atoms with Crippen LogP contribution in [-0.2, 0) is 0 Å². The molecular weight excluding hydrogens is 274 g/mol. The number of hydrogen-bond acceptors (Lipinski definition) is 2. The lowest BCUT2D eigenvalue weighted by Gasteiger charge is -2.55. The van der Waals surface area contributed by atoms with Crippen LogP contribution < -0.4 is 5.32 Å². The lowest BCUT2D eigenvalue weighted by atomic mass is 9.54. The molecule has 5 rings (SSSR count). The first-order chi connectivity index (χ1) is 9.19. The molecule has 4 aliphatic carbocycles. The molecule has 19 heavy (non-hydrogen) atoms. The van der Waals surface area contributed by atoms with Gasteiger partial charge in [0.15, 0.2) is 0 Å². The Morgan fingerprint density at radius 1 is 1.16 bits per heavy atom. The van der Waals surface area contributed by atoms with Crippen molar-refractivity contribution in [2.75, 3.05) is 0 Å². The topological polar surface area (TPSA) is 12.0 Å². The molecule has 104 valence electrons. The minimum absolute atomic E-state index is 0.450. The Hall–Kier alpha value is -0.0500. The van der Waals surface area contributed by atoms with E-state index in [2.05, 4.69) is 23.7 Å². The second-order valence-electron chi connectivity index (χ2n) is 7.03. The van der Waals surface area contributed by atoms with Gasteiger partial charge in [0.25, 0.3) is 0 Å². The zero-order chi connectivity index (χ0) is 13.0. The summed E-state index contributed by atoms with van der Waals surface area (Å²) < 4.78 is 0.911. The van der Waals surface area contributed by atoms with E-state index < -0.39 is 0 Å². The van der Waals surface area contributed by atoms with Crippen LogP contribution in [0.2, 0.25) is 4.34 Å². The normalized spacial score (nSPS) is 41.7. The van der Waals surface area contributed by atoms with Gasteiger partial charge >= 0.3 is 0 Å². The van der Waals surface area contributed by atoms with Crippen LogP contribution in [0.5, 0.6) is 0 Å². The fourth-order valence-corrected chi connectivity index (χ4v) is 6.12. The number of rotatable bonds is 3. The van der Waals surface area contributed by atoms with E-state index in [9.17, 15) is 0 Å². The van der Waals surface area contributed by atoms with Gasteiger partial charge in [-0.15, -0.1) is 11.3 Å². The molecule has 0 saturated heterocycles. The molecule has 4 saturated carbocycles. The third-order valence-corrected chi connectivity index (χ3v) is 6.87. The van der Waals surface area contributed by atoms with Gasteiger partial charge in [0.1, 0.15) is 0 Å². The average molecular weight is 296 g/mol. The van der Waals surface area contributed by atoms with Crippen molar-refractivity contribution < 1.29 is 0 Å². The van der Waals surface area contributed by atoms with Crippen LogP contribution >= 0.6 is 22.9 Å². The quantitative estimate of drug-likeness (QED) is 0.838. The van der Waals surface area contributed by atoms with Crippen molar-refractivity contribution in [3.63, 3.8) is 0 Å². The van der Waals surface area contributed by atoms with Crippen molar-refractivity contribution >= 4 is 22.9 Å². The molecule has 3 heteroatoms. The molecule has 1 N–H and O–H groups in total. The van der Waals surface area contributed by atoms with E-state index in [1.165, 1.54) is 37.7 Å². The van der Waals surface area contributed by atoms with E-state index in [0.717, 1.165) is 34.0 Å². The largest absolute Gasteiger partial charge is 0.307 e. The molecule has 1 unspecified atom stereocenters. The van der Waals surface area contributed by atoms with Gasteiger partial charge in [0.05, 0.1) is 4.34 Å². The highest BCUT2D eigenvalue weighted by atomic mass is 35.5. The number of nitrogens with one attached hydrogen (secondary N) is 1. The summed E-state index contributed by atoms with van der Waals surface area (Å²) in [6, 6.07) is 3.34. The Kier molecular flexibility index (Phi) is 3.17. The van der Waals surface area contributed by atoms with Gasteiger partial charge in [-0.1, -0.05) is 11.6 Å². The average Bonchev–Trinajstić information content (AvgIpc) is 2.79. The summed E-state index contributed by atoms with van der Waals surface area (Å²) in [4.78, 5) is 0. The SMILES string of the molecule is CC(NC1C2CC3CC(C2)CC1C3)c1csc(Cl)c1. The lowest BCUT2D eigenvalue weighted by molar-refractivity contribution is -0.0171. The van der Waals surface area contributed by atoms with Gasteiger partial charge in [-0.05, 0) is 79.7 Å². The monoisotopic (exact) mass is 295 g/mol. The van der Waals surface area contributed by atoms with Crippen LogP contribution in [0.3, 0.4) is 0 Å². The third-order valence-electron chi connectivity index (χ3n) is 5.76. The van der Waals surface area contributed by atoms with Gasteiger partial charge in [-0.25, -0.2) is 0 Å². The molecule has 0 radical (unpaired) electrons. The second-order valence-corrected chi connectivity index (χ2v) is 8.57. The maximum absolute atomic E-state index is 6.06. The Morgan fingerprint density at radius 2 is 1.79 bits per heavy atom. The number of hydrogen-bond donors (Lipinski definition) is 1. The van der Waals surface area contributed by atoms with Crippen LogP contribution in [0, 0.1) is 23.7 Å². The zero-order valence-electron chi connectivity index (χ0n) is 11.4. The van der Waals surface area contributed by atoms with Crippen LogP contribution in [-0.4, -0.2) is 6.04 Å². The smallest absolute Gasteiger partial charge is 0.0931 e. The van der Waals surface area contributed by atoms with Crippen LogP contribution in [0.1, 0.15) is 50.6 Å². The van der Waals surface area contributed by atoms with Gasteiger partial charge in [-0.2, -0.15) is 0 Å². The Morgan fingerprint density at radius 3 is 2.32 bits per heavy atom. The number of thiophene rings is 1. The first-order valence-electron chi connectivity index (χ1n) is 7.69. The molecule has 1 aromatic rings. The molecule has 1 nitrogen and oxygen atoms in total. The molecule has 1 heterocycles. The highest BCUT2D eigenvalue weighted by Gasteiger charge is 2.48. The van der Waals surface area contributed by atoms with E-state index in [-0.39, 0.29) is 0 Å². The van der Waals surface area contributed by atoms with Crippen molar-refractivity contribution in [3.05, 3.63) is 21.3 Å². The van der Waals surface area contributed by atoms with Crippen molar-refractivity contribution in [1.29, 1.82) is 0 Å². The maximum atomic E-state index is 6.06. The van der Waals surface area contributed by atoms with Crippen LogP contribution in [0.4, 0.5) is 0 Å². The predicted octanol–water partition coefficient (Wildman–Crippen LogP) is 4.88. The Labute approximate surface area is 124 Å². The van der Waals surface area contributed by atoms with E-state index >= 15 is 0 Å². The summed E-state index contributed by atoms with van der Waals surface area (Å²) >= 11 is 7.71. The maximum Gasteiger partial charge on any atom is 0.0931 e. The lowest BCUT2D eigenvalue weighted by Crippen LogP contribution is -2.54. The highest BCUT2D eigenvalue weighted by molar-refractivity contribution is 7.14. The molecule has 0 amide bonds.